The van der Waals surface area contributed by atoms with Crippen LogP contribution in [0.2, 0.25) is 0 Å². The van der Waals surface area contributed by atoms with Crippen molar-refractivity contribution < 1.29 is 35.9 Å². The van der Waals surface area contributed by atoms with Crippen LogP contribution in [0, 0.1) is 6.92 Å². The quantitative estimate of drug-likeness (QED) is 0.177. The van der Waals surface area contributed by atoms with E-state index in [0.717, 1.165) is 10.4 Å². The van der Waals surface area contributed by atoms with Crippen LogP contribution < -0.4 is 15.1 Å². The maximum atomic E-state index is 13.8. The number of fused-ring (bicyclic) bond motifs is 1. The number of nitrogens with zero attached hydrogens (tertiary/aromatic N) is 7. The van der Waals surface area contributed by atoms with Gasteiger partial charge >= 0.3 is 18.4 Å². The number of pyridine rings is 1. The van der Waals surface area contributed by atoms with Crippen LogP contribution in [-0.2, 0) is 37.2 Å². The van der Waals surface area contributed by atoms with E-state index in [9.17, 15) is 31.1 Å². The van der Waals surface area contributed by atoms with E-state index in [-0.39, 0.29) is 24.0 Å². The van der Waals surface area contributed by atoms with Crippen LogP contribution in [0.15, 0.2) is 54.6 Å². The molecule has 3 heterocycles. The number of carbonyl (C=O) groups excluding carboxylic acids is 1. The van der Waals surface area contributed by atoms with E-state index in [1.54, 1.807) is 19.9 Å². The van der Waals surface area contributed by atoms with Crippen molar-refractivity contribution in [2.24, 2.45) is 7.05 Å². The molecule has 1 amide bonds. The molecule has 2 aromatic heterocycles. The van der Waals surface area contributed by atoms with E-state index in [1.165, 1.54) is 16.8 Å². The highest BCUT2D eigenvalue weighted by molar-refractivity contribution is 5.90. The van der Waals surface area contributed by atoms with Gasteiger partial charge in [0.05, 0.1) is 41.7 Å². The van der Waals surface area contributed by atoms with Crippen molar-refractivity contribution in [2.45, 2.75) is 84.2 Å². The molecule has 2 aromatic carbocycles. The molecule has 262 valence electrons. The fourth-order valence-corrected chi connectivity index (χ4v) is 5.83. The summed E-state index contributed by atoms with van der Waals surface area (Å²) in [4.78, 5) is 22.6. The standard InChI is InChI=1S/C33H36F6N8O2/c1-6-25-16-26(46(30-42-44-45(5)43-30)18-22-13-23(32(34,35)36)15-24(14-22)33(37,38)39)28-27(47(25)31(48)49-19(2)3)12-20(4)29(41-28)40-17-21-10-8-7-9-11-21/h7-15,19,25-26H,6,16-18H2,1-5H3,(H,40,41). The number of amides is 1. The Morgan fingerprint density at radius 2 is 1.67 bits per heavy atom. The maximum Gasteiger partial charge on any atom is 0.416 e. The van der Waals surface area contributed by atoms with Gasteiger partial charge in [0.2, 0.25) is 0 Å². The number of benzene rings is 2. The molecule has 1 aliphatic rings. The molecule has 0 bridgehead atoms. The Morgan fingerprint density at radius 3 is 2.22 bits per heavy atom. The first-order valence-electron chi connectivity index (χ1n) is 15.6. The molecular weight excluding hydrogens is 654 g/mol. The second kappa shape index (κ2) is 13.9. The third kappa shape index (κ3) is 8.05. The smallest absolute Gasteiger partial charge is 0.416 e. The number of nitrogens with one attached hydrogen (secondary N) is 1. The molecule has 0 spiro atoms. The molecule has 2 atom stereocenters. The Labute approximate surface area is 279 Å². The number of tetrazole rings is 1. The second-order valence-electron chi connectivity index (χ2n) is 12.1. The molecule has 49 heavy (non-hydrogen) atoms. The number of hydrogen-bond donors (Lipinski definition) is 1. The van der Waals surface area contributed by atoms with Crippen LogP contribution in [0.5, 0.6) is 0 Å². The number of hydrogen-bond acceptors (Lipinski definition) is 8. The number of anilines is 3. The van der Waals surface area contributed by atoms with E-state index in [0.29, 0.717) is 47.9 Å². The highest BCUT2D eigenvalue weighted by atomic mass is 19.4. The number of halogens is 6. The van der Waals surface area contributed by atoms with Crippen molar-refractivity contribution in [1.82, 2.24) is 25.2 Å². The molecule has 1 aliphatic heterocycles. The van der Waals surface area contributed by atoms with Crippen LogP contribution in [-0.4, -0.2) is 43.4 Å². The largest absolute Gasteiger partial charge is 0.446 e. The Bertz CT molecular complexity index is 1740. The van der Waals surface area contributed by atoms with E-state index in [4.69, 9.17) is 9.72 Å². The summed E-state index contributed by atoms with van der Waals surface area (Å²) in [5, 5.41) is 15.6. The van der Waals surface area contributed by atoms with Gasteiger partial charge in [0.1, 0.15) is 5.82 Å². The van der Waals surface area contributed by atoms with Crippen LogP contribution in [0.3, 0.4) is 0 Å². The summed E-state index contributed by atoms with van der Waals surface area (Å²) in [5.41, 5.74) is -0.758. The summed E-state index contributed by atoms with van der Waals surface area (Å²) in [5.74, 6) is 0.434. The Kier molecular flexibility index (Phi) is 10.1. The number of aryl methyl sites for hydroxylation is 2. The molecule has 0 radical (unpaired) electrons. The molecule has 0 aliphatic carbocycles. The van der Waals surface area contributed by atoms with Crippen molar-refractivity contribution in [1.29, 1.82) is 0 Å². The molecule has 4 aromatic rings. The number of ether oxygens (including phenoxy) is 1. The average Bonchev–Trinajstić information content (AvgIpc) is 3.46. The predicted molar refractivity (Wildman–Crippen MR) is 170 cm³/mol. The lowest BCUT2D eigenvalue weighted by molar-refractivity contribution is -0.143. The van der Waals surface area contributed by atoms with Crippen LogP contribution in [0.1, 0.15) is 73.2 Å². The van der Waals surface area contributed by atoms with Gasteiger partial charge in [0.15, 0.2) is 0 Å². The first kappa shape index (κ1) is 35.4. The molecule has 0 saturated heterocycles. The van der Waals surface area contributed by atoms with E-state index in [2.05, 4.69) is 20.7 Å². The summed E-state index contributed by atoms with van der Waals surface area (Å²) in [6.45, 7) is 7.08. The van der Waals surface area contributed by atoms with Crippen molar-refractivity contribution in [3.05, 3.63) is 88.1 Å². The average molecular weight is 691 g/mol. The van der Waals surface area contributed by atoms with Gasteiger partial charge in [0, 0.05) is 19.1 Å². The zero-order valence-electron chi connectivity index (χ0n) is 27.5. The lowest BCUT2D eigenvalue weighted by Gasteiger charge is -2.43. The molecule has 10 nitrogen and oxygen atoms in total. The zero-order chi connectivity index (χ0) is 35.7. The zero-order valence-corrected chi connectivity index (χ0v) is 27.5. The minimum absolute atomic E-state index is 0.0429. The highest BCUT2D eigenvalue weighted by Crippen LogP contribution is 2.44. The predicted octanol–water partition coefficient (Wildman–Crippen LogP) is 7.84. The second-order valence-corrected chi connectivity index (χ2v) is 12.1. The summed E-state index contributed by atoms with van der Waals surface area (Å²) in [6, 6.07) is 11.5. The van der Waals surface area contributed by atoms with Crippen LogP contribution in [0.25, 0.3) is 0 Å². The first-order valence-corrected chi connectivity index (χ1v) is 15.6. The van der Waals surface area contributed by atoms with Gasteiger partial charge in [-0.05, 0) is 79.8 Å². The summed E-state index contributed by atoms with van der Waals surface area (Å²) >= 11 is 0. The van der Waals surface area contributed by atoms with Gasteiger partial charge in [-0.15, -0.1) is 5.10 Å². The lowest BCUT2D eigenvalue weighted by atomic mass is 9.91. The third-order valence-electron chi connectivity index (χ3n) is 8.10. The minimum Gasteiger partial charge on any atom is -0.446 e. The molecule has 16 heteroatoms. The summed E-state index contributed by atoms with van der Waals surface area (Å²) < 4.78 is 88.7. The van der Waals surface area contributed by atoms with Crippen molar-refractivity contribution >= 4 is 23.5 Å². The van der Waals surface area contributed by atoms with Crippen molar-refractivity contribution in [2.75, 3.05) is 15.1 Å². The van der Waals surface area contributed by atoms with Gasteiger partial charge < -0.3 is 15.0 Å². The summed E-state index contributed by atoms with van der Waals surface area (Å²) in [6.07, 6.45) is -10.5. The number of carbonyl (C=O) groups is 1. The number of rotatable bonds is 9. The number of aromatic nitrogens is 5. The van der Waals surface area contributed by atoms with Gasteiger partial charge in [-0.25, -0.2) is 9.78 Å². The van der Waals surface area contributed by atoms with Gasteiger partial charge in [-0.3, -0.25) is 4.90 Å². The van der Waals surface area contributed by atoms with Gasteiger partial charge in [-0.1, -0.05) is 42.4 Å². The first-order chi connectivity index (χ1) is 23.0. The van der Waals surface area contributed by atoms with E-state index >= 15 is 0 Å². The molecule has 0 fully saturated rings. The molecule has 5 rings (SSSR count). The molecule has 1 N–H and O–H groups in total. The van der Waals surface area contributed by atoms with Gasteiger partial charge in [-0.2, -0.15) is 31.1 Å². The maximum absolute atomic E-state index is 13.8. The van der Waals surface area contributed by atoms with Crippen LogP contribution >= 0.6 is 0 Å². The third-order valence-corrected chi connectivity index (χ3v) is 8.10. The lowest BCUT2D eigenvalue weighted by Crippen LogP contribution is -2.49. The van der Waals surface area contributed by atoms with Gasteiger partial charge in [0.25, 0.3) is 5.95 Å². The van der Waals surface area contributed by atoms with E-state index in [1.807, 2.05) is 44.2 Å². The van der Waals surface area contributed by atoms with Crippen molar-refractivity contribution in [3.8, 4) is 0 Å². The Morgan fingerprint density at radius 1 is 1.02 bits per heavy atom. The monoisotopic (exact) mass is 690 g/mol. The van der Waals surface area contributed by atoms with Crippen molar-refractivity contribution in [3.63, 3.8) is 0 Å². The van der Waals surface area contributed by atoms with E-state index < -0.39 is 54.3 Å². The fourth-order valence-electron chi connectivity index (χ4n) is 5.83. The SMILES string of the molecule is CCC1CC(N(Cc2cc(C(F)(F)F)cc(C(F)(F)F)c2)c2nnn(C)n2)c2nc(NCc3ccccc3)c(C)cc2N1C(=O)OC(C)C. The molecular formula is C33H36F6N8O2. The topological polar surface area (TPSA) is 101 Å². The number of alkyl halides is 6. The Balaban J connectivity index is 1.67. The molecule has 2 unspecified atom stereocenters. The fraction of sp³-hybridized carbons (Fsp3) is 0.424. The normalized spacial score (nSPS) is 16.4. The van der Waals surface area contributed by atoms with Crippen LogP contribution in [0.4, 0.5) is 48.6 Å². The highest BCUT2D eigenvalue weighted by Gasteiger charge is 2.42. The minimum atomic E-state index is -5.04. The molecule has 0 saturated carbocycles. The Hall–Kier alpha value is -4.89. The summed E-state index contributed by atoms with van der Waals surface area (Å²) in [7, 11) is 1.49.